The predicted octanol–water partition coefficient (Wildman–Crippen LogP) is 2.47. The molecule has 1 atom stereocenters. The molecule has 3 rings (SSSR count). The second kappa shape index (κ2) is 4.41. The van der Waals surface area contributed by atoms with E-state index in [-0.39, 0.29) is 12.1 Å². The van der Waals surface area contributed by atoms with Crippen molar-refractivity contribution in [3.8, 4) is 0 Å². The van der Waals surface area contributed by atoms with E-state index >= 15 is 0 Å². The SMILES string of the molecule is O=C1NC(/C=C/c2ccco2)Nc2ccccc21. The number of fused-ring (bicyclic) bond motifs is 1. The van der Waals surface area contributed by atoms with Crippen LogP contribution in [0.25, 0.3) is 6.08 Å². The third-order valence-electron chi connectivity index (χ3n) is 2.77. The van der Waals surface area contributed by atoms with Crippen LogP contribution in [0.1, 0.15) is 16.1 Å². The van der Waals surface area contributed by atoms with Crippen molar-refractivity contribution in [1.29, 1.82) is 0 Å². The van der Waals surface area contributed by atoms with Crippen LogP contribution in [0.2, 0.25) is 0 Å². The second-order valence-corrected chi connectivity index (χ2v) is 4.02. The number of benzene rings is 1. The molecule has 0 saturated carbocycles. The first-order valence-corrected chi connectivity index (χ1v) is 5.71. The number of carbonyl (C=O) groups excluding carboxylic acids is 1. The van der Waals surface area contributed by atoms with Crippen molar-refractivity contribution in [3.05, 3.63) is 60.1 Å². The van der Waals surface area contributed by atoms with E-state index < -0.39 is 0 Å². The van der Waals surface area contributed by atoms with Gasteiger partial charge in [-0.15, -0.1) is 0 Å². The number of nitrogens with one attached hydrogen (secondary N) is 2. The monoisotopic (exact) mass is 240 g/mol. The molecule has 1 aromatic carbocycles. The number of hydrogen-bond acceptors (Lipinski definition) is 3. The molecule has 0 radical (unpaired) electrons. The zero-order valence-corrected chi connectivity index (χ0v) is 9.59. The number of anilines is 1. The summed E-state index contributed by atoms with van der Waals surface area (Å²) in [4.78, 5) is 11.8. The highest BCUT2D eigenvalue weighted by Gasteiger charge is 2.20. The summed E-state index contributed by atoms with van der Waals surface area (Å²) >= 11 is 0. The zero-order chi connectivity index (χ0) is 12.4. The Hall–Kier alpha value is -2.49. The molecule has 2 N–H and O–H groups in total. The van der Waals surface area contributed by atoms with E-state index in [1.54, 1.807) is 12.3 Å². The second-order valence-electron chi connectivity index (χ2n) is 4.02. The summed E-state index contributed by atoms with van der Waals surface area (Å²) in [6, 6.07) is 11.1. The van der Waals surface area contributed by atoms with E-state index in [4.69, 9.17) is 4.42 Å². The smallest absolute Gasteiger partial charge is 0.255 e. The maximum atomic E-state index is 11.8. The molecule has 1 aliphatic rings. The number of amides is 1. The summed E-state index contributed by atoms with van der Waals surface area (Å²) in [6.45, 7) is 0. The van der Waals surface area contributed by atoms with Gasteiger partial charge in [0.2, 0.25) is 0 Å². The van der Waals surface area contributed by atoms with Crippen molar-refractivity contribution in [2.24, 2.45) is 0 Å². The Morgan fingerprint density at radius 2 is 2.00 bits per heavy atom. The number of rotatable bonds is 2. The van der Waals surface area contributed by atoms with Gasteiger partial charge in [0.05, 0.1) is 11.8 Å². The average molecular weight is 240 g/mol. The van der Waals surface area contributed by atoms with Crippen molar-refractivity contribution >= 4 is 17.7 Å². The van der Waals surface area contributed by atoms with Gasteiger partial charge in [0.15, 0.2) is 0 Å². The van der Waals surface area contributed by atoms with Crippen molar-refractivity contribution in [3.63, 3.8) is 0 Å². The first kappa shape index (κ1) is 10.7. The van der Waals surface area contributed by atoms with Crippen LogP contribution in [0.5, 0.6) is 0 Å². The normalized spacial score (nSPS) is 18.2. The van der Waals surface area contributed by atoms with Gasteiger partial charge in [0, 0.05) is 5.69 Å². The van der Waals surface area contributed by atoms with Crippen LogP contribution in [0.3, 0.4) is 0 Å². The third-order valence-corrected chi connectivity index (χ3v) is 2.77. The summed E-state index contributed by atoms with van der Waals surface area (Å²) in [5, 5.41) is 6.09. The maximum absolute atomic E-state index is 11.8. The third kappa shape index (κ3) is 2.00. The number of hydrogen-bond donors (Lipinski definition) is 2. The highest BCUT2D eigenvalue weighted by atomic mass is 16.3. The summed E-state index contributed by atoms with van der Waals surface area (Å²) in [7, 11) is 0. The zero-order valence-electron chi connectivity index (χ0n) is 9.59. The molecule has 0 aliphatic carbocycles. The van der Waals surface area contributed by atoms with Gasteiger partial charge in [-0.2, -0.15) is 0 Å². The summed E-state index contributed by atoms with van der Waals surface area (Å²) < 4.78 is 5.19. The van der Waals surface area contributed by atoms with Gasteiger partial charge in [-0.05, 0) is 36.4 Å². The quantitative estimate of drug-likeness (QED) is 0.847. The Kier molecular flexibility index (Phi) is 2.61. The lowest BCUT2D eigenvalue weighted by Gasteiger charge is -2.25. The van der Waals surface area contributed by atoms with E-state index in [1.165, 1.54) is 0 Å². The molecule has 1 unspecified atom stereocenters. The van der Waals surface area contributed by atoms with Crippen LogP contribution < -0.4 is 10.6 Å². The van der Waals surface area contributed by atoms with Crippen LogP contribution in [0.15, 0.2) is 53.2 Å². The van der Waals surface area contributed by atoms with Gasteiger partial charge >= 0.3 is 0 Å². The first-order chi connectivity index (χ1) is 8.83. The highest BCUT2D eigenvalue weighted by Crippen LogP contribution is 2.20. The summed E-state index contributed by atoms with van der Waals surface area (Å²) in [5.74, 6) is 0.684. The van der Waals surface area contributed by atoms with Crippen LogP contribution >= 0.6 is 0 Å². The molecule has 1 aromatic heterocycles. The molecule has 4 heteroatoms. The molecule has 2 aromatic rings. The van der Waals surface area contributed by atoms with E-state index in [0.29, 0.717) is 5.56 Å². The topological polar surface area (TPSA) is 54.3 Å². The molecule has 18 heavy (non-hydrogen) atoms. The Bertz CT molecular complexity index is 588. The maximum Gasteiger partial charge on any atom is 0.255 e. The van der Waals surface area contributed by atoms with Crippen molar-refractivity contribution in [2.75, 3.05) is 5.32 Å². The van der Waals surface area contributed by atoms with Gasteiger partial charge in [0.1, 0.15) is 11.9 Å². The van der Waals surface area contributed by atoms with E-state index in [0.717, 1.165) is 11.4 Å². The standard InChI is InChI=1S/C14H12N2O2/c17-14-11-5-1-2-6-12(11)15-13(16-14)8-7-10-4-3-9-18-10/h1-9,13,15H,(H,16,17)/b8-7+. The van der Waals surface area contributed by atoms with Gasteiger partial charge < -0.3 is 15.1 Å². The molecule has 0 fully saturated rings. The Labute approximate surface area is 104 Å². The molecular weight excluding hydrogens is 228 g/mol. The van der Waals surface area contributed by atoms with Crippen molar-refractivity contribution in [2.45, 2.75) is 6.17 Å². The van der Waals surface area contributed by atoms with Crippen molar-refractivity contribution in [1.82, 2.24) is 5.32 Å². The lowest BCUT2D eigenvalue weighted by molar-refractivity contribution is 0.0943. The highest BCUT2D eigenvalue weighted by molar-refractivity contribution is 6.01. The molecule has 90 valence electrons. The first-order valence-electron chi connectivity index (χ1n) is 5.71. The molecule has 4 nitrogen and oxygen atoms in total. The number of carbonyl (C=O) groups is 1. The van der Waals surface area contributed by atoms with Crippen LogP contribution in [0.4, 0.5) is 5.69 Å². The minimum absolute atomic E-state index is 0.0709. The van der Waals surface area contributed by atoms with Gasteiger partial charge in [0.25, 0.3) is 5.91 Å². The van der Waals surface area contributed by atoms with E-state index in [1.807, 2.05) is 42.5 Å². The van der Waals surface area contributed by atoms with Gasteiger partial charge in [-0.1, -0.05) is 12.1 Å². The lowest BCUT2D eigenvalue weighted by atomic mass is 10.1. The fourth-order valence-corrected chi connectivity index (χ4v) is 1.90. The predicted molar refractivity (Wildman–Crippen MR) is 69.1 cm³/mol. The molecule has 1 amide bonds. The van der Waals surface area contributed by atoms with Crippen molar-refractivity contribution < 1.29 is 9.21 Å². The molecule has 0 saturated heterocycles. The Morgan fingerprint density at radius 3 is 2.83 bits per heavy atom. The van der Waals surface area contributed by atoms with E-state index in [9.17, 15) is 4.79 Å². The van der Waals surface area contributed by atoms with Gasteiger partial charge in [-0.3, -0.25) is 4.79 Å². The minimum Gasteiger partial charge on any atom is -0.465 e. The van der Waals surface area contributed by atoms with Crippen LogP contribution in [-0.2, 0) is 0 Å². The number of furan rings is 1. The fraction of sp³-hybridized carbons (Fsp3) is 0.0714. The van der Waals surface area contributed by atoms with E-state index in [2.05, 4.69) is 10.6 Å². The molecule has 0 spiro atoms. The average Bonchev–Trinajstić information content (AvgIpc) is 2.90. The fourth-order valence-electron chi connectivity index (χ4n) is 1.90. The molecule has 1 aliphatic heterocycles. The molecular formula is C14H12N2O2. The minimum atomic E-state index is -0.225. The van der Waals surface area contributed by atoms with Crippen LogP contribution in [-0.4, -0.2) is 12.1 Å². The summed E-state index contributed by atoms with van der Waals surface area (Å²) in [6.07, 6.45) is 5.07. The van der Waals surface area contributed by atoms with Gasteiger partial charge in [-0.25, -0.2) is 0 Å². The number of para-hydroxylation sites is 1. The molecule has 2 heterocycles. The molecule has 0 bridgehead atoms. The Morgan fingerprint density at radius 1 is 1.11 bits per heavy atom. The van der Waals surface area contributed by atoms with Crippen LogP contribution in [0, 0.1) is 0 Å². The largest absolute Gasteiger partial charge is 0.465 e. The lowest BCUT2D eigenvalue weighted by Crippen LogP contribution is -2.43. The Balaban J connectivity index is 1.80. The summed E-state index contributed by atoms with van der Waals surface area (Å²) in [5.41, 5.74) is 1.51.